The summed E-state index contributed by atoms with van der Waals surface area (Å²) in [4.78, 5) is 11.7. The van der Waals surface area contributed by atoms with E-state index in [1.807, 2.05) is 6.92 Å². The highest BCUT2D eigenvalue weighted by Gasteiger charge is 2.09. The van der Waals surface area contributed by atoms with Crippen molar-refractivity contribution in [2.75, 3.05) is 19.0 Å². The Balaban J connectivity index is 2.59. The summed E-state index contributed by atoms with van der Waals surface area (Å²) in [5.74, 6) is 0.0999. The van der Waals surface area contributed by atoms with E-state index in [-0.39, 0.29) is 5.91 Å². The molecule has 0 aliphatic heterocycles. The second kappa shape index (κ2) is 6.96. The van der Waals surface area contributed by atoms with E-state index in [4.69, 9.17) is 10.5 Å². The Morgan fingerprint density at radius 3 is 2.89 bits per heavy atom. The van der Waals surface area contributed by atoms with Gasteiger partial charge < -0.3 is 15.8 Å². The van der Waals surface area contributed by atoms with Crippen LogP contribution in [0.4, 0.5) is 10.1 Å². The van der Waals surface area contributed by atoms with Crippen LogP contribution in [0, 0.1) is 11.7 Å². The average molecular weight is 254 g/mol. The van der Waals surface area contributed by atoms with Crippen molar-refractivity contribution in [3.05, 3.63) is 24.0 Å². The van der Waals surface area contributed by atoms with E-state index >= 15 is 0 Å². The van der Waals surface area contributed by atoms with E-state index in [1.165, 1.54) is 25.3 Å². The molecule has 0 fully saturated rings. The van der Waals surface area contributed by atoms with Crippen LogP contribution < -0.4 is 15.8 Å². The molecule has 1 atom stereocenters. The van der Waals surface area contributed by atoms with E-state index in [2.05, 4.69) is 5.32 Å². The van der Waals surface area contributed by atoms with Crippen molar-refractivity contribution in [2.45, 2.75) is 19.8 Å². The molecule has 100 valence electrons. The van der Waals surface area contributed by atoms with E-state index < -0.39 is 5.82 Å². The topological polar surface area (TPSA) is 64.3 Å². The maximum absolute atomic E-state index is 13.0. The number of halogens is 1. The van der Waals surface area contributed by atoms with Crippen LogP contribution in [0.1, 0.15) is 19.8 Å². The van der Waals surface area contributed by atoms with Crippen molar-refractivity contribution in [1.29, 1.82) is 0 Å². The summed E-state index contributed by atoms with van der Waals surface area (Å²) < 4.78 is 18.0. The molecule has 1 rings (SSSR count). The Morgan fingerprint density at radius 1 is 1.56 bits per heavy atom. The number of carbonyl (C=O) groups excluding carboxylic acids is 1. The maximum atomic E-state index is 13.0. The molecule has 1 aromatic rings. The summed E-state index contributed by atoms with van der Waals surface area (Å²) in [6, 6.07) is 4.00. The molecule has 0 saturated heterocycles. The zero-order valence-electron chi connectivity index (χ0n) is 10.7. The summed E-state index contributed by atoms with van der Waals surface area (Å²) in [6.45, 7) is 2.55. The fraction of sp³-hybridized carbons (Fsp3) is 0.462. The minimum absolute atomic E-state index is 0.125. The average Bonchev–Trinajstić information content (AvgIpc) is 2.37. The number of carbonyl (C=O) groups is 1. The molecular formula is C13H19FN2O2. The maximum Gasteiger partial charge on any atom is 0.224 e. The summed E-state index contributed by atoms with van der Waals surface area (Å²) in [6.07, 6.45) is 1.12. The van der Waals surface area contributed by atoms with Crippen molar-refractivity contribution >= 4 is 11.6 Å². The molecule has 0 heterocycles. The molecule has 0 aliphatic rings. The van der Waals surface area contributed by atoms with Crippen LogP contribution in [-0.4, -0.2) is 19.6 Å². The molecule has 0 radical (unpaired) electrons. The Hall–Kier alpha value is -1.62. The van der Waals surface area contributed by atoms with Crippen LogP contribution in [0.2, 0.25) is 0 Å². The van der Waals surface area contributed by atoms with Gasteiger partial charge in [0.25, 0.3) is 0 Å². The van der Waals surface area contributed by atoms with Crippen LogP contribution in [0.3, 0.4) is 0 Å². The monoisotopic (exact) mass is 254 g/mol. The van der Waals surface area contributed by atoms with Crippen LogP contribution in [-0.2, 0) is 4.79 Å². The van der Waals surface area contributed by atoms with E-state index in [1.54, 1.807) is 0 Å². The first-order chi connectivity index (χ1) is 8.56. The lowest BCUT2D eigenvalue weighted by atomic mass is 10.1. The molecule has 1 aromatic carbocycles. The van der Waals surface area contributed by atoms with Crippen LogP contribution >= 0.6 is 0 Å². The van der Waals surface area contributed by atoms with Crippen molar-refractivity contribution in [3.8, 4) is 5.75 Å². The van der Waals surface area contributed by atoms with Gasteiger partial charge in [-0.15, -0.1) is 0 Å². The van der Waals surface area contributed by atoms with Gasteiger partial charge in [-0.05, 0) is 31.0 Å². The first-order valence-electron chi connectivity index (χ1n) is 5.90. The third kappa shape index (κ3) is 4.33. The highest BCUT2D eigenvalue weighted by Crippen LogP contribution is 2.25. The van der Waals surface area contributed by atoms with Crippen molar-refractivity contribution in [3.63, 3.8) is 0 Å². The number of nitrogens with one attached hydrogen (secondary N) is 1. The zero-order chi connectivity index (χ0) is 13.5. The molecule has 4 nitrogen and oxygen atoms in total. The number of hydrogen-bond donors (Lipinski definition) is 2. The number of ether oxygens (including phenoxy) is 1. The normalized spacial score (nSPS) is 12.0. The fourth-order valence-electron chi connectivity index (χ4n) is 1.48. The third-order valence-corrected chi connectivity index (χ3v) is 2.70. The van der Waals surface area contributed by atoms with Gasteiger partial charge in [0, 0.05) is 12.5 Å². The molecular weight excluding hydrogens is 235 g/mol. The Labute approximate surface area is 106 Å². The number of methoxy groups -OCH3 is 1. The third-order valence-electron chi connectivity index (χ3n) is 2.70. The van der Waals surface area contributed by atoms with Crippen LogP contribution in [0.5, 0.6) is 5.75 Å². The van der Waals surface area contributed by atoms with E-state index in [0.29, 0.717) is 30.3 Å². The molecule has 0 bridgehead atoms. The molecule has 3 N–H and O–H groups in total. The van der Waals surface area contributed by atoms with Gasteiger partial charge in [-0.2, -0.15) is 0 Å². The lowest BCUT2D eigenvalue weighted by molar-refractivity contribution is -0.116. The molecule has 1 amide bonds. The number of rotatable bonds is 6. The predicted molar refractivity (Wildman–Crippen MR) is 69.0 cm³/mol. The van der Waals surface area contributed by atoms with E-state index in [9.17, 15) is 9.18 Å². The zero-order valence-corrected chi connectivity index (χ0v) is 10.7. The largest absolute Gasteiger partial charge is 0.494 e. The molecule has 0 aromatic heterocycles. The van der Waals surface area contributed by atoms with E-state index in [0.717, 1.165) is 6.42 Å². The number of amides is 1. The van der Waals surface area contributed by atoms with Crippen molar-refractivity contribution in [2.24, 2.45) is 11.7 Å². The highest BCUT2D eigenvalue weighted by atomic mass is 19.1. The molecule has 5 heteroatoms. The smallest absolute Gasteiger partial charge is 0.224 e. The lowest BCUT2D eigenvalue weighted by Crippen LogP contribution is -2.16. The first-order valence-corrected chi connectivity index (χ1v) is 5.90. The summed E-state index contributed by atoms with van der Waals surface area (Å²) >= 11 is 0. The number of anilines is 1. The van der Waals surface area contributed by atoms with Crippen molar-refractivity contribution < 1.29 is 13.9 Å². The molecule has 1 unspecified atom stereocenters. The molecule has 0 aliphatic carbocycles. The van der Waals surface area contributed by atoms with Gasteiger partial charge in [-0.25, -0.2) is 4.39 Å². The number of benzene rings is 1. The van der Waals surface area contributed by atoms with Gasteiger partial charge >= 0.3 is 0 Å². The second-order valence-electron chi connectivity index (χ2n) is 4.27. The van der Waals surface area contributed by atoms with Gasteiger partial charge in [-0.3, -0.25) is 4.79 Å². The Morgan fingerprint density at radius 2 is 2.28 bits per heavy atom. The first kappa shape index (κ1) is 14.4. The standard InChI is InChI=1S/C13H19FN2O2/c1-9(8-15)3-6-13(17)16-11-5-4-10(14)7-12(11)18-2/h4-5,7,9H,3,6,8,15H2,1-2H3,(H,16,17). The van der Waals surface area contributed by atoms with Gasteiger partial charge in [0.1, 0.15) is 11.6 Å². The molecule has 0 saturated carbocycles. The minimum atomic E-state index is -0.401. The SMILES string of the molecule is COc1cc(F)ccc1NC(=O)CCC(C)CN. The van der Waals surface area contributed by atoms with Crippen LogP contribution in [0.15, 0.2) is 18.2 Å². The highest BCUT2D eigenvalue weighted by molar-refractivity contribution is 5.92. The van der Waals surface area contributed by atoms with Gasteiger partial charge in [0.15, 0.2) is 0 Å². The fourth-order valence-corrected chi connectivity index (χ4v) is 1.48. The molecule has 18 heavy (non-hydrogen) atoms. The Bertz CT molecular complexity index is 410. The Kier molecular flexibility index (Phi) is 5.58. The van der Waals surface area contributed by atoms with Crippen molar-refractivity contribution in [1.82, 2.24) is 0 Å². The summed E-state index contributed by atoms with van der Waals surface area (Å²) in [5.41, 5.74) is 5.96. The predicted octanol–water partition coefficient (Wildman–Crippen LogP) is 2.15. The number of nitrogens with two attached hydrogens (primary N) is 1. The lowest BCUT2D eigenvalue weighted by Gasteiger charge is -2.11. The molecule has 0 spiro atoms. The quantitative estimate of drug-likeness (QED) is 0.817. The van der Waals surface area contributed by atoms with Crippen LogP contribution in [0.25, 0.3) is 0 Å². The summed E-state index contributed by atoms with van der Waals surface area (Å²) in [7, 11) is 1.43. The van der Waals surface area contributed by atoms with Gasteiger partial charge in [0.05, 0.1) is 12.8 Å². The van der Waals surface area contributed by atoms with Gasteiger partial charge in [-0.1, -0.05) is 6.92 Å². The summed E-state index contributed by atoms with van der Waals surface area (Å²) in [5, 5.41) is 2.70. The number of hydrogen-bond acceptors (Lipinski definition) is 3. The van der Waals surface area contributed by atoms with Gasteiger partial charge in [0.2, 0.25) is 5.91 Å². The minimum Gasteiger partial charge on any atom is -0.494 e. The second-order valence-corrected chi connectivity index (χ2v) is 4.27.